The summed E-state index contributed by atoms with van der Waals surface area (Å²) in [6, 6.07) is 0.214. The van der Waals surface area contributed by atoms with Gasteiger partial charge in [0.15, 0.2) is 0 Å². The molecular formula is C10H18ClNO. The van der Waals surface area contributed by atoms with E-state index in [1.54, 1.807) is 0 Å². The molecule has 3 heteroatoms. The van der Waals surface area contributed by atoms with Crippen molar-refractivity contribution in [3.05, 3.63) is 0 Å². The third-order valence-corrected chi connectivity index (χ3v) is 2.89. The number of hydrogen-bond donors (Lipinski definition) is 1. The standard InChI is InChI=1S/C10H18ClNO/c1-7(5-6-11)12-10(13)8(2)9-3-4-9/h7-9H,3-6H2,1-2H3,(H,12,13). The fourth-order valence-corrected chi connectivity index (χ4v) is 1.75. The number of rotatable bonds is 5. The van der Waals surface area contributed by atoms with E-state index in [9.17, 15) is 4.79 Å². The van der Waals surface area contributed by atoms with Crippen LogP contribution in [0.3, 0.4) is 0 Å². The number of hydrogen-bond acceptors (Lipinski definition) is 1. The van der Waals surface area contributed by atoms with Crippen LogP contribution in [0.2, 0.25) is 0 Å². The van der Waals surface area contributed by atoms with Gasteiger partial charge in [0.1, 0.15) is 0 Å². The molecule has 0 aliphatic heterocycles. The summed E-state index contributed by atoms with van der Waals surface area (Å²) in [4.78, 5) is 11.6. The van der Waals surface area contributed by atoms with Gasteiger partial charge in [-0.05, 0) is 32.1 Å². The molecule has 1 fully saturated rings. The Balaban J connectivity index is 2.22. The second kappa shape index (κ2) is 4.85. The molecule has 0 saturated heterocycles. The summed E-state index contributed by atoms with van der Waals surface area (Å²) >= 11 is 5.58. The monoisotopic (exact) mass is 203 g/mol. The molecule has 1 saturated carbocycles. The van der Waals surface area contributed by atoms with E-state index in [0.717, 1.165) is 6.42 Å². The van der Waals surface area contributed by atoms with Gasteiger partial charge in [-0.2, -0.15) is 0 Å². The highest BCUT2D eigenvalue weighted by Gasteiger charge is 2.32. The molecule has 2 nitrogen and oxygen atoms in total. The molecule has 0 aromatic carbocycles. The van der Waals surface area contributed by atoms with Gasteiger partial charge in [-0.15, -0.1) is 11.6 Å². The molecule has 0 aromatic rings. The molecule has 0 heterocycles. The fourth-order valence-electron chi connectivity index (χ4n) is 1.42. The molecule has 2 atom stereocenters. The van der Waals surface area contributed by atoms with Gasteiger partial charge >= 0.3 is 0 Å². The second-order valence-electron chi connectivity index (χ2n) is 4.01. The van der Waals surface area contributed by atoms with Crippen molar-refractivity contribution in [3.63, 3.8) is 0 Å². The lowest BCUT2D eigenvalue weighted by molar-refractivity contribution is -0.125. The van der Waals surface area contributed by atoms with Crippen molar-refractivity contribution in [2.24, 2.45) is 11.8 Å². The lowest BCUT2D eigenvalue weighted by Gasteiger charge is -2.16. The summed E-state index contributed by atoms with van der Waals surface area (Å²) in [5.41, 5.74) is 0. The van der Waals surface area contributed by atoms with Gasteiger partial charge in [-0.3, -0.25) is 4.79 Å². The quantitative estimate of drug-likeness (QED) is 0.682. The summed E-state index contributed by atoms with van der Waals surface area (Å²) in [7, 11) is 0. The van der Waals surface area contributed by atoms with Crippen LogP contribution >= 0.6 is 11.6 Å². The SMILES string of the molecule is CC(CCCl)NC(=O)C(C)C1CC1. The number of carbonyl (C=O) groups is 1. The van der Waals surface area contributed by atoms with Gasteiger partial charge in [0, 0.05) is 17.8 Å². The maximum atomic E-state index is 11.6. The van der Waals surface area contributed by atoms with Gasteiger partial charge in [0.05, 0.1) is 0 Å². The largest absolute Gasteiger partial charge is 0.353 e. The highest BCUT2D eigenvalue weighted by atomic mass is 35.5. The number of amides is 1. The zero-order valence-corrected chi connectivity index (χ0v) is 9.10. The van der Waals surface area contributed by atoms with Crippen molar-refractivity contribution < 1.29 is 4.79 Å². The summed E-state index contributed by atoms with van der Waals surface area (Å²) < 4.78 is 0. The van der Waals surface area contributed by atoms with Gasteiger partial charge in [-0.25, -0.2) is 0 Å². The Labute approximate surface area is 85.0 Å². The molecule has 1 aliphatic rings. The van der Waals surface area contributed by atoms with E-state index in [4.69, 9.17) is 11.6 Å². The first-order chi connectivity index (χ1) is 6.15. The van der Waals surface area contributed by atoms with Crippen molar-refractivity contribution >= 4 is 17.5 Å². The first-order valence-electron chi connectivity index (χ1n) is 5.01. The zero-order chi connectivity index (χ0) is 9.84. The molecule has 2 unspecified atom stereocenters. The zero-order valence-electron chi connectivity index (χ0n) is 8.35. The number of alkyl halides is 1. The van der Waals surface area contributed by atoms with E-state index in [-0.39, 0.29) is 17.9 Å². The summed E-state index contributed by atoms with van der Waals surface area (Å²) in [6.07, 6.45) is 3.29. The molecule has 0 spiro atoms. The third-order valence-electron chi connectivity index (χ3n) is 2.67. The topological polar surface area (TPSA) is 29.1 Å². The van der Waals surface area contributed by atoms with Crippen LogP contribution in [0.15, 0.2) is 0 Å². The molecule has 0 radical (unpaired) electrons. The lowest BCUT2D eigenvalue weighted by atomic mass is 10.1. The Morgan fingerprint density at radius 2 is 2.15 bits per heavy atom. The van der Waals surface area contributed by atoms with Crippen LogP contribution < -0.4 is 5.32 Å². The molecule has 1 aliphatic carbocycles. The smallest absolute Gasteiger partial charge is 0.223 e. The van der Waals surface area contributed by atoms with Crippen LogP contribution in [0, 0.1) is 11.8 Å². The Morgan fingerprint density at radius 3 is 2.62 bits per heavy atom. The van der Waals surface area contributed by atoms with Crippen LogP contribution in [0.1, 0.15) is 33.1 Å². The van der Waals surface area contributed by atoms with Gasteiger partial charge < -0.3 is 5.32 Å². The van der Waals surface area contributed by atoms with Gasteiger partial charge in [-0.1, -0.05) is 6.92 Å². The minimum absolute atomic E-state index is 0.192. The van der Waals surface area contributed by atoms with Crippen LogP contribution in [0.25, 0.3) is 0 Å². The van der Waals surface area contributed by atoms with Crippen LogP contribution in [0.5, 0.6) is 0 Å². The Morgan fingerprint density at radius 1 is 1.54 bits per heavy atom. The average Bonchev–Trinajstić information content (AvgIpc) is 2.85. The van der Waals surface area contributed by atoms with E-state index >= 15 is 0 Å². The predicted molar refractivity (Wildman–Crippen MR) is 54.8 cm³/mol. The van der Waals surface area contributed by atoms with Crippen molar-refractivity contribution in [2.75, 3.05) is 5.88 Å². The fraction of sp³-hybridized carbons (Fsp3) is 0.900. The van der Waals surface area contributed by atoms with Crippen LogP contribution in [-0.4, -0.2) is 17.8 Å². The first kappa shape index (κ1) is 10.8. The summed E-state index contributed by atoms with van der Waals surface area (Å²) in [6.45, 7) is 4.01. The number of nitrogens with one attached hydrogen (secondary N) is 1. The Hall–Kier alpha value is -0.240. The highest BCUT2D eigenvalue weighted by Crippen LogP contribution is 2.36. The van der Waals surface area contributed by atoms with Crippen LogP contribution in [0.4, 0.5) is 0 Å². The van der Waals surface area contributed by atoms with E-state index in [1.807, 2.05) is 13.8 Å². The molecule has 1 rings (SSSR count). The number of carbonyl (C=O) groups excluding carboxylic acids is 1. The molecule has 0 aromatic heterocycles. The highest BCUT2D eigenvalue weighted by molar-refractivity contribution is 6.17. The maximum absolute atomic E-state index is 11.6. The summed E-state index contributed by atoms with van der Waals surface area (Å²) in [5, 5.41) is 2.98. The molecule has 0 bridgehead atoms. The Kier molecular flexibility index (Phi) is 4.04. The normalized spacial score (nSPS) is 20.8. The van der Waals surface area contributed by atoms with Crippen molar-refractivity contribution in [3.8, 4) is 0 Å². The molecular weight excluding hydrogens is 186 g/mol. The second-order valence-corrected chi connectivity index (χ2v) is 4.39. The van der Waals surface area contributed by atoms with Crippen molar-refractivity contribution in [1.82, 2.24) is 5.32 Å². The first-order valence-corrected chi connectivity index (χ1v) is 5.55. The average molecular weight is 204 g/mol. The minimum atomic E-state index is 0.192. The molecule has 1 amide bonds. The third kappa shape index (κ3) is 3.55. The summed E-state index contributed by atoms with van der Waals surface area (Å²) in [5.74, 6) is 1.64. The van der Waals surface area contributed by atoms with Crippen molar-refractivity contribution in [2.45, 2.75) is 39.2 Å². The van der Waals surface area contributed by atoms with E-state index in [1.165, 1.54) is 12.8 Å². The Bertz CT molecular complexity index is 180. The van der Waals surface area contributed by atoms with Gasteiger partial charge in [0.2, 0.25) is 5.91 Å². The van der Waals surface area contributed by atoms with Crippen LogP contribution in [-0.2, 0) is 4.79 Å². The number of halogens is 1. The minimum Gasteiger partial charge on any atom is -0.353 e. The van der Waals surface area contributed by atoms with E-state index < -0.39 is 0 Å². The molecule has 1 N–H and O–H groups in total. The van der Waals surface area contributed by atoms with Gasteiger partial charge in [0.25, 0.3) is 0 Å². The van der Waals surface area contributed by atoms with Crippen molar-refractivity contribution in [1.29, 1.82) is 0 Å². The lowest BCUT2D eigenvalue weighted by Crippen LogP contribution is -2.37. The van der Waals surface area contributed by atoms with E-state index in [0.29, 0.717) is 11.8 Å². The molecule has 13 heavy (non-hydrogen) atoms. The maximum Gasteiger partial charge on any atom is 0.223 e. The van der Waals surface area contributed by atoms with E-state index in [2.05, 4.69) is 5.32 Å². The molecule has 76 valence electrons. The predicted octanol–water partition coefficient (Wildman–Crippen LogP) is 2.17.